The second-order valence-corrected chi connectivity index (χ2v) is 9.86. The van der Waals surface area contributed by atoms with Crippen LogP contribution in [0.25, 0.3) is 10.8 Å². The highest BCUT2D eigenvalue weighted by Gasteiger charge is 2.18. The highest BCUT2D eigenvalue weighted by atomic mass is 32.2. The molecule has 0 saturated heterocycles. The summed E-state index contributed by atoms with van der Waals surface area (Å²) in [4.78, 5) is 13.2. The average molecular weight is 498 g/mol. The third-order valence-electron chi connectivity index (χ3n) is 5.00. The van der Waals surface area contributed by atoms with Crippen molar-refractivity contribution in [2.75, 3.05) is 23.8 Å². The number of amides is 1. The van der Waals surface area contributed by atoms with Crippen LogP contribution in [0, 0.1) is 0 Å². The van der Waals surface area contributed by atoms with Gasteiger partial charge in [0.2, 0.25) is 20.3 Å². The summed E-state index contributed by atoms with van der Waals surface area (Å²) >= 11 is 1.22. The van der Waals surface area contributed by atoms with Gasteiger partial charge in [0.25, 0.3) is 5.91 Å². The van der Waals surface area contributed by atoms with E-state index >= 15 is 0 Å². The number of ether oxygens (including phenoxy) is 1. The molecule has 0 saturated carbocycles. The summed E-state index contributed by atoms with van der Waals surface area (Å²) in [5.41, 5.74) is 1.39. The molecule has 34 heavy (non-hydrogen) atoms. The van der Waals surface area contributed by atoms with Crippen molar-refractivity contribution in [2.45, 2.75) is 18.2 Å². The molecule has 9 nitrogen and oxygen atoms in total. The second kappa shape index (κ2) is 10.2. The Labute approximate surface area is 201 Å². The van der Waals surface area contributed by atoms with E-state index in [-0.39, 0.29) is 10.8 Å². The first-order valence-corrected chi connectivity index (χ1v) is 12.9. The summed E-state index contributed by atoms with van der Waals surface area (Å²) in [6.45, 7) is 2.86. The lowest BCUT2D eigenvalue weighted by molar-refractivity contribution is 0.102. The smallest absolute Gasteiger partial charge is 0.261 e. The van der Waals surface area contributed by atoms with E-state index < -0.39 is 10.0 Å². The van der Waals surface area contributed by atoms with Crippen molar-refractivity contribution >= 4 is 48.3 Å². The largest absolute Gasteiger partial charge is 0.493 e. The zero-order valence-electron chi connectivity index (χ0n) is 18.3. The summed E-state index contributed by atoms with van der Waals surface area (Å²) in [5.74, 6) is 0.188. The first kappa shape index (κ1) is 23.6. The van der Waals surface area contributed by atoms with Crippen LogP contribution in [0.5, 0.6) is 5.75 Å². The van der Waals surface area contributed by atoms with E-state index in [0.717, 1.165) is 16.3 Å². The molecule has 3 aromatic carbocycles. The molecule has 0 radical (unpaired) electrons. The topological polar surface area (TPSA) is 136 Å². The van der Waals surface area contributed by atoms with Crippen LogP contribution in [-0.4, -0.2) is 37.7 Å². The van der Waals surface area contributed by atoms with Gasteiger partial charge in [0.15, 0.2) is 0 Å². The van der Waals surface area contributed by atoms with Crippen molar-refractivity contribution in [1.29, 1.82) is 0 Å². The van der Waals surface area contributed by atoms with Gasteiger partial charge in [0, 0.05) is 6.54 Å². The first-order valence-electron chi connectivity index (χ1n) is 10.5. The average Bonchev–Trinajstić information content (AvgIpc) is 3.25. The van der Waals surface area contributed by atoms with Crippen LogP contribution in [0.1, 0.15) is 22.8 Å². The van der Waals surface area contributed by atoms with Gasteiger partial charge in [0.05, 0.1) is 17.1 Å². The third kappa shape index (κ3) is 5.50. The number of nitrogens with one attached hydrogen (secondary N) is 2. The highest BCUT2D eigenvalue weighted by molar-refractivity contribution is 7.89. The molecular formula is C23H23N5O4S2. The lowest BCUT2D eigenvalue weighted by atomic mass is 10.0. The number of nitrogens with two attached hydrogens (primary N) is 1. The minimum atomic E-state index is -3.70. The van der Waals surface area contributed by atoms with Crippen LogP contribution in [0.3, 0.4) is 0 Å². The summed E-state index contributed by atoms with van der Waals surface area (Å²) in [7, 11) is -3.70. The molecule has 1 amide bonds. The van der Waals surface area contributed by atoms with E-state index in [9.17, 15) is 13.2 Å². The van der Waals surface area contributed by atoms with E-state index in [1.807, 2.05) is 37.3 Å². The predicted molar refractivity (Wildman–Crippen MR) is 133 cm³/mol. The van der Waals surface area contributed by atoms with Gasteiger partial charge in [-0.2, -0.15) is 0 Å². The Kier molecular flexibility index (Phi) is 7.06. The molecule has 0 unspecified atom stereocenters. The lowest BCUT2D eigenvalue weighted by Crippen LogP contribution is -2.14. The number of anilines is 2. The molecule has 0 aliphatic heterocycles. The quantitative estimate of drug-likeness (QED) is 0.321. The molecule has 4 N–H and O–H groups in total. The maximum Gasteiger partial charge on any atom is 0.261 e. The van der Waals surface area contributed by atoms with E-state index in [1.165, 1.54) is 23.5 Å². The standard InChI is InChI=1S/C23H23N5O4S2/c1-2-32-19-12-9-16-5-3-4-6-18(16)20(19)21(29)26-23-28-27-22(33-23)25-14-13-15-7-10-17(11-8-15)34(24,30)31/h3-12H,2,13-14H2,1H3,(H,25,27)(H2,24,30,31)(H,26,28,29). The van der Waals surface area contributed by atoms with Crippen LogP contribution in [0.15, 0.2) is 65.6 Å². The Morgan fingerprint density at radius 1 is 1.03 bits per heavy atom. The number of aromatic nitrogens is 2. The number of hydrogen-bond acceptors (Lipinski definition) is 8. The number of carbonyl (C=O) groups is 1. The van der Waals surface area contributed by atoms with Crippen LogP contribution >= 0.6 is 11.3 Å². The zero-order chi connectivity index (χ0) is 24.1. The van der Waals surface area contributed by atoms with Gasteiger partial charge in [0.1, 0.15) is 5.75 Å². The van der Waals surface area contributed by atoms with Gasteiger partial charge in [-0.05, 0) is 47.9 Å². The van der Waals surface area contributed by atoms with E-state index in [2.05, 4.69) is 20.8 Å². The maximum atomic E-state index is 13.1. The molecule has 0 aliphatic carbocycles. The molecule has 0 atom stereocenters. The molecule has 4 rings (SSSR count). The minimum Gasteiger partial charge on any atom is -0.493 e. The molecule has 0 spiro atoms. The fraction of sp³-hybridized carbons (Fsp3) is 0.174. The first-order chi connectivity index (χ1) is 16.3. The van der Waals surface area contributed by atoms with Crippen molar-refractivity contribution in [3.63, 3.8) is 0 Å². The molecule has 0 bridgehead atoms. The zero-order valence-corrected chi connectivity index (χ0v) is 19.9. The lowest BCUT2D eigenvalue weighted by Gasteiger charge is -2.12. The van der Waals surface area contributed by atoms with Crippen molar-refractivity contribution in [2.24, 2.45) is 5.14 Å². The number of primary sulfonamides is 1. The number of fused-ring (bicyclic) bond motifs is 1. The van der Waals surface area contributed by atoms with Crippen LogP contribution in [-0.2, 0) is 16.4 Å². The minimum absolute atomic E-state index is 0.0763. The van der Waals surface area contributed by atoms with E-state index in [4.69, 9.17) is 9.88 Å². The van der Waals surface area contributed by atoms with Gasteiger partial charge in [-0.15, -0.1) is 10.2 Å². The molecule has 4 aromatic rings. The van der Waals surface area contributed by atoms with Crippen LogP contribution < -0.4 is 20.5 Å². The number of sulfonamides is 1. The molecule has 11 heteroatoms. The highest BCUT2D eigenvalue weighted by Crippen LogP contribution is 2.30. The molecule has 0 fully saturated rings. The Bertz CT molecular complexity index is 1420. The molecule has 0 aliphatic rings. The SMILES string of the molecule is CCOc1ccc2ccccc2c1C(=O)Nc1nnc(NCCc2ccc(S(N)(=O)=O)cc2)s1. The summed E-state index contributed by atoms with van der Waals surface area (Å²) in [5, 5.41) is 21.9. The van der Waals surface area contributed by atoms with Crippen molar-refractivity contribution in [1.82, 2.24) is 10.2 Å². The fourth-order valence-electron chi connectivity index (χ4n) is 3.43. The molecular weight excluding hydrogens is 474 g/mol. The fourth-order valence-corrected chi connectivity index (χ4v) is 4.61. The summed E-state index contributed by atoms with van der Waals surface area (Å²) in [6, 6.07) is 17.7. The summed E-state index contributed by atoms with van der Waals surface area (Å²) in [6.07, 6.45) is 0.639. The van der Waals surface area contributed by atoms with Crippen LogP contribution in [0.2, 0.25) is 0 Å². The number of nitrogens with zero attached hydrogens (tertiary/aromatic N) is 2. The number of rotatable bonds is 9. The Morgan fingerprint density at radius 3 is 2.50 bits per heavy atom. The normalized spacial score (nSPS) is 11.4. The molecule has 1 heterocycles. The molecule has 176 valence electrons. The van der Waals surface area contributed by atoms with Crippen molar-refractivity contribution < 1.29 is 17.9 Å². The number of benzene rings is 3. The van der Waals surface area contributed by atoms with Crippen molar-refractivity contribution in [3.8, 4) is 5.75 Å². The van der Waals surface area contributed by atoms with Gasteiger partial charge in [-0.25, -0.2) is 13.6 Å². The Morgan fingerprint density at radius 2 is 1.76 bits per heavy atom. The van der Waals surface area contributed by atoms with Gasteiger partial charge in [-0.1, -0.05) is 53.8 Å². The van der Waals surface area contributed by atoms with Crippen molar-refractivity contribution in [3.05, 3.63) is 71.8 Å². The van der Waals surface area contributed by atoms with Crippen LogP contribution in [0.4, 0.5) is 10.3 Å². The maximum absolute atomic E-state index is 13.1. The third-order valence-corrected chi connectivity index (χ3v) is 6.73. The monoisotopic (exact) mass is 497 g/mol. The van der Waals surface area contributed by atoms with E-state index in [0.29, 0.717) is 41.1 Å². The summed E-state index contributed by atoms with van der Waals surface area (Å²) < 4.78 is 28.4. The Hall–Kier alpha value is -3.54. The van der Waals surface area contributed by atoms with Gasteiger partial charge in [-0.3, -0.25) is 10.1 Å². The second-order valence-electron chi connectivity index (χ2n) is 7.33. The number of carbonyl (C=O) groups excluding carboxylic acids is 1. The van der Waals surface area contributed by atoms with Gasteiger partial charge >= 0.3 is 0 Å². The van der Waals surface area contributed by atoms with Gasteiger partial charge < -0.3 is 10.1 Å². The molecule has 1 aromatic heterocycles. The Balaban J connectivity index is 1.40. The number of hydrogen-bond donors (Lipinski definition) is 3. The van der Waals surface area contributed by atoms with E-state index in [1.54, 1.807) is 18.2 Å². The predicted octanol–water partition coefficient (Wildman–Crippen LogP) is 3.64.